The highest BCUT2D eigenvalue weighted by Crippen LogP contribution is 2.17. The fourth-order valence-corrected chi connectivity index (χ4v) is 2.70. The zero-order valence-corrected chi connectivity index (χ0v) is 13.2. The van der Waals surface area contributed by atoms with Gasteiger partial charge >= 0.3 is 0 Å². The van der Waals surface area contributed by atoms with Crippen LogP contribution in [-0.2, 0) is 11.3 Å². The van der Waals surface area contributed by atoms with Crippen molar-refractivity contribution in [2.45, 2.75) is 19.9 Å². The summed E-state index contributed by atoms with van der Waals surface area (Å²) in [7, 11) is 0. The number of halogens is 1. The molecule has 0 aliphatic carbocycles. The van der Waals surface area contributed by atoms with Crippen LogP contribution in [0.15, 0.2) is 22.7 Å². The highest BCUT2D eigenvalue weighted by Gasteiger charge is 2.08. The lowest BCUT2D eigenvalue weighted by atomic mass is 10.1. The fourth-order valence-electron chi connectivity index (χ4n) is 2.31. The van der Waals surface area contributed by atoms with E-state index in [9.17, 15) is 0 Å². The molecule has 2 rings (SSSR count). The number of hydrogen-bond donors (Lipinski definition) is 1. The number of rotatable bonds is 6. The highest BCUT2D eigenvalue weighted by molar-refractivity contribution is 9.10. The summed E-state index contributed by atoms with van der Waals surface area (Å²) >= 11 is 3.60. The second-order valence-corrected chi connectivity index (χ2v) is 5.93. The van der Waals surface area contributed by atoms with E-state index in [0.29, 0.717) is 0 Å². The third-order valence-corrected chi connectivity index (χ3v) is 4.22. The Labute approximate surface area is 124 Å². The van der Waals surface area contributed by atoms with Crippen LogP contribution in [0.3, 0.4) is 0 Å². The standard InChI is InChI=1S/C15H23BrN2O/c1-13-3-4-15(16)14(11-13)12-17-5-2-6-18-7-9-19-10-8-18/h3-4,11,17H,2,5-10,12H2,1H3. The van der Waals surface area contributed by atoms with Crippen LogP contribution in [0.25, 0.3) is 0 Å². The molecule has 4 heteroatoms. The van der Waals surface area contributed by atoms with Crippen molar-refractivity contribution in [1.29, 1.82) is 0 Å². The Morgan fingerprint density at radius 1 is 1.32 bits per heavy atom. The van der Waals surface area contributed by atoms with Crippen LogP contribution in [0.4, 0.5) is 0 Å². The van der Waals surface area contributed by atoms with Crippen molar-refractivity contribution in [2.24, 2.45) is 0 Å². The monoisotopic (exact) mass is 326 g/mol. The van der Waals surface area contributed by atoms with Crippen LogP contribution < -0.4 is 5.32 Å². The first-order chi connectivity index (χ1) is 9.25. The topological polar surface area (TPSA) is 24.5 Å². The smallest absolute Gasteiger partial charge is 0.0594 e. The van der Waals surface area contributed by atoms with Crippen molar-refractivity contribution < 1.29 is 4.74 Å². The van der Waals surface area contributed by atoms with Gasteiger partial charge in [0.05, 0.1) is 13.2 Å². The molecule has 1 saturated heterocycles. The molecule has 0 atom stereocenters. The summed E-state index contributed by atoms with van der Waals surface area (Å²) in [4.78, 5) is 2.48. The number of morpholine rings is 1. The molecule has 0 amide bonds. The predicted octanol–water partition coefficient (Wildman–Crippen LogP) is 2.57. The van der Waals surface area contributed by atoms with Gasteiger partial charge in [-0.15, -0.1) is 0 Å². The summed E-state index contributed by atoms with van der Waals surface area (Å²) in [6.07, 6.45) is 1.20. The van der Waals surface area contributed by atoms with E-state index in [1.54, 1.807) is 0 Å². The van der Waals surface area contributed by atoms with Crippen molar-refractivity contribution in [3.05, 3.63) is 33.8 Å². The van der Waals surface area contributed by atoms with E-state index in [1.165, 1.54) is 28.6 Å². The molecule has 3 nitrogen and oxygen atoms in total. The first kappa shape index (κ1) is 15.0. The third kappa shape index (κ3) is 5.22. The summed E-state index contributed by atoms with van der Waals surface area (Å²) < 4.78 is 6.54. The van der Waals surface area contributed by atoms with E-state index in [-0.39, 0.29) is 0 Å². The molecule has 1 N–H and O–H groups in total. The minimum atomic E-state index is 0.893. The van der Waals surface area contributed by atoms with E-state index >= 15 is 0 Å². The molecule has 1 aromatic carbocycles. The van der Waals surface area contributed by atoms with Crippen LogP contribution in [0.2, 0.25) is 0 Å². The van der Waals surface area contributed by atoms with Crippen molar-refractivity contribution in [2.75, 3.05) is 39.4 Å². The Kier molecular flexibility index (Phi) is 6.31. The summed E-state index contributed by atoms with van der Waals surface area (Å²) in [6.45, 7) is 9.27. The van der Waals surface area contributed by atoms with Gasteiger partial charge in [-0.25, -0.2) is 0 Å². The van der Waals surface area contributed by atoms with Crippen LogP contribution in [0.5, 0.6) is 0 Å². The first-order valence-corrected chi connectivity index (χ1v) is 7.81. The zero-order valence-electron chi connectivity index (χ0n) is 11.6. The minimum absolute atomic E-state index is 0.893. The molecule has 1 heterocycles. The van der Waals surface area contributed by atoms with E-state index in [2.05, 4.69) is 51.3 Å². The summed E-state index contributed by atoms with van der Waals surface area (Å²) in [6, 6.07) is 6.49. The lowest BCUT2D eigenvalue weighted by Gasteiger charge is -2.26. The van der Waals surface area contributed by atoms with Crippen molar-refractivity contribution in [1.82, 2.24) is 10.2 Å². The lowest BCUT2D eigenvalue weighted by Crippen LogP contribution is -2.37. The number of nitrogens with one attached hydrogen (secondary N) is 1. The maximum atomic E-state index is 5.35. The van der Waals surface area contributed by atoms with Crippen LogP contribution in [0.1, 0.15) is 17.5 Å². The molecule has 0 spiro atoms. The molecule has 0 unspecified atom stereocenters. The molecule has 0 aromatic heterocycles. The molecule has 0 radical (unpaired) electrons. The van der Waals surface area contributed by atoms with Gasteiger partial charge in [0.15, 0.2) is 0 Å². The maximum Gasteiger partial charge on any atom is 0.0594 e. The van der Waals surface area contributed by atoms with Gasteiger partial charge in [0.25, 0.3) is 0 Å². The molecular formula is C15H23BrN2O. The minimum Gasteiger partial charge on any atom is -0.379 e. The Bertz CT molecular complexity index is 392. The average Bonchev–Trinajstić information content (AvgIpc) is 2.43. The molecule has 19 heavy (non-hydrogen) atoms. The molecule has 1 aromatic rings. The summed E-state index contributed by atoms with van der Waals surface area (Å²) in [5.74, 6) is 0. The molecule has 0 saturated carbocycles. The van der Waals surface area contributed by atoms with Crippen LogP contribution >= 0.6 is 15.9 Å². The maximum absolute atomic E-state index is 5.35. The quantitative estimate of drug-likeness (QED) is 0.813. The van der Waals surface area contributed by atoms with Gasteiger partial charge in [0, 0.05) is 24.1 Å². The fraction of sp³-hybridized carbons (Fsp3) is 0.600. The Balaban J connectivity index is 1.62. The van der Waals surface area contributed by atoms with Gasteiger partial charge < -0.3 is 10.1 Å². The molecule has 1 aliphatic heterocycles. The molecule has 1 aliphatic rings. The SMILES string of the molecule is Cc1ccc(Br)c(CNCCCN2CCOCC2)c1. The Morgan fingerprint density at radius 2 is 2.11 bits per heavy atom. The number of benzene rings is 1. The molecule has 0 bridgehead atoms. The van der Waals surface area contributed by atoms with Gasteiger partial charge in [-0.2, -0.15) is 0 Å². The van der Waals surface area contributed by atoms with Gasteiger partial charge in [-0.05, 0) is 38.1 Å². The van der Waals surface area contributed by atoms with Crippen molar-refractivity contribution >= 4 is 15.9 Å². The summed E-state index contributed by atoms with van der Waals surface area (Å²) in [5, 5.41) is 3.52. The second-order valence-electron chi connectivity index (χ2n) is 5.08. The second kappa shape index (κ2) is 8.00. The van der Waals surface area contributed by atoms with Gasteiger partial charge in [-0.3, -0.25) is 4.90 Å². The highest BCUT2D eigenvalue weighted by atomic mass is 79.9. The van der Waals surface area contributed by atoms with Gasteiger partial charge in [0.2, 0.25) is 0 Å². The number of hydrogen-bond acceptors (Lipinski definition) is 3. The predicted molar refractivity (Wildman–Crippen MR) is 82.5 cm³/mol. The van der Waals surface area contributed by atoms with E-state index in [4.69, 9.17) is 4.74 Å². The molecule has 106 valence electrons. The molecular weight excluding hydrogens is 304 g/mol. The third-order valence-electron chi connectivity index (χ3n) is 3.45. The number of nitrogens with zero attached hydrogens (tertiary/aromatic N) is 1. The van der Waals surface area contributed by atoms with Crippen molar-refractivity contribution in [3.8, 4) is 0 Å². The Morgan fingerprint density at radius 3 is 2.89 bits per heavy atom. The van der Waals surface area contributed by atoms with Crippen molar-refractivity contribution in [3.63, 3.8) is 0 Å². The largest absolute Gasteiger partial charge is 0.379 e. The lowest BCUT2D eigenvalue weighted by molar-refractivity contribution is 0.0374. The number of ether oxygens (including phenoxy) is 1. The van der Waals surface area contributed by atoms with E-state index in [0.717, 1.165) is 39.4 Å². The van der Waals surface area contributed by atoms with Gasteiger partial charge in [-0.1, -0.05) is 33.6 Å². The average molecular weight is 327 g/mol. The Hall–Kier alpha value is -0.420. The van der Waals surface area contributed by atoms with Crippen LogP contribution in [0, 0.1) is 6.92 Å². The summed E-state index contributed by atoms with van der Waals surface area (Å²) in [5.41, 5.74) is 2.65. The molecule has 1 fully saturated rings. The zero-order chi connectivity index (χ0) is 13.5. The number of aryl methyl sites for hydroxylation is 1. The van der Waals surface area contributed by atoms with Gasteiger partial charge in [0.1, 0.15) is 0 Å². The first-order valence-electron chi connectivity index (χ1n) is 7.01. The van der Waals surface area contributed by atoms with E-state index < -0.39 is 0 Å². The normalized spacial score (nSPS) is 16.7. The van der Waals surface area contributed by atoms with E-state index in [1.807, 2.05) is 0 Å². The van der Waals surface area contributed by atoms with Crippen LogP contribution in [-0.4, -0.2) is 44.3 Å².